The molecule has 3 heteroatoms. The predicted molar refractivity (Wildman–Crippen MR) is 61.6 cm³/mol. The summed E-state index contributed by atoms with van der Waals surface area (Å²) in [6.07, 6.45) is 0.987. The number of hydrogen-bond acceptors (Lipinski definition) is 1. The summed E-state index contributed by atoms with van der Waals surface area (Å²) in [5.74, 6) is 0.106. The quantitative estimate of drug-likeness (QED) is 0.616. The second-order valence-corrected chi connectivity index (χ2v) is 4.14. The molecule has 0 radical (unpaired) electrons. The molecule has 0 saturated heterocycles. The zero-order valence-corrected chi connectivity index (χ0v) is 10.5. The Hall–Kier alpha value is -0.150. The fraction of sp³-hybridized carbons (Fsp3) is 0.300. The molecule has 0 atom stereocenters. The minimum atomic E-state index is 0.106. The maximum Gasteiger partial charge on any atom is 0.174 e. The molecule has 0 aliphatic rings. The third-order valence-electron chi connectivity index (χ3n) is 1.86. The van der Waals surface area contributed by atoms with E-state index in [1.807, 2.05) is 18.2 Å². The number of aryl methyl sites for hydroxylation is 1. The summed E-state index contributed by atoms with van der Waals surface area (Å²) in [7, 11) is 0. The average Bonchev–Trinajstić information content (AvgIpc) is 2.16. The van der Waals surface area contributed by atoms with Crippen LogP contribution < -0.4 is 0 Å². The lowest BCUT2D eigenvalue weighted by molar-refractivity contribution is 0.102. The Kier molecular flexibility index (Phi) is 4.13. The van der Waals surface area contributed by atoms with E-state index in [2.05, 4.69) is 38.8 Å². The minimum absolute atomic E-state index is 0.106. The summed E-state index contributed by atoms with van der Waals surface area (Å²) in [5, 5.41) is 0.372. The number of benzene rings is 1. The average molecular weight is 306 g/mol. The lowest BCUT2D eigenvalue weighted by Crippen LogP contribution is -2.01. The largest absolute Gasteiger partial charge is 0.293 e. The first-order chi connectivity index (χ1) is 6.19. The van der Waals surface area contributed by atoms with E-state index in [0.29, 0.717) is 5.33 Å². The molecular weight excluding hydrogens is 296 g/mol. The molecule has 0 aliphatic carbocycles. The van der Waals surface area contributed by atoms with Gasteiger partial charge in [-0.1, -0.05) is 44.8 Å². The zero-order valence-electron chi connectivity index (χ0n) is 7.31. The van der Waals surface area contributed by atoms with Crippen LogP contribution >= 0.6 is 31.9 Å². The van der Waals surface area contributed by atoms with E-state index in [1.54, 1.807) is 0 Å². The summed E-state index contributed by atoms with van der Waals surface area (Å²) in [6, 6.07) is 5.85. The molecule has 0 bridgehead atoms. The van der Waals surface area contributed by atoms with Gasteiger partial charge in [-0.05, 0) is 24.1 Å². The fourth-order valence-electron chi connectivity index (χ4n) is 1.08. The van der Waals surface area contributed by atoms with Gasteiger partial charge in [-0.15, -0.1) is 0 Å². The van der Waals surface area contributed by atoms with Gasteiger partial charge in [0, 0.05) is 10.0 Å². The Morgan fingerprint density at radius 3 is 2.62 bits per heavy atom. The first kappa shape index (κ1) is 10.9. The molecule has 0 heterocycles. The molecule has 0 spiro atoms. The number of hydrogen-bond donors (Lipinski definition) is 0. The molecule has 0 saturated carbocycles. The van der Waals surface area contributed by atoms with Gasteiger partial charge in [0.1, 0.15) is 0 Å². The maximum atomic E-state index is 11.4. The highest BCUT2D eigenvalue weighted by Gasteiger charge is 2.08. The van der Waals surface area contributed by atoms with Crippen LogP contribution in [0.3, 0.4) is 0 Å². The standard InChI is InChI=1S/C10H10Br2O/c1-2-7-3-4-8(9(12)5-7)10(13)6-11/h3-5H,2,6H2,1H3. The normalized spacial score (nSPS) is 10.1. The number of ketones is 1. The monoisotopic (exact) mass is 304 g/mol. The molecule has 1 nitrogen and oxygen atoms in total. The molecule has 0 amide bonds. The third kappa shape index (κ3) is 2.64. The minimum Gasteiger partial charge on any atom is -0.293 e. The first-order valence-corrected chi connectivity index (χ1v) is 5.98. The summed E-state index contributed by atoms with van der Waals surface area (Å²) in [6.45, 7) is 2.09. The van der Waals surface area contributed by atoms with Crippen molar-refractivity contribution < 1.29 is 4.79 Å². The number of carbonyl (C=O) groups excluding carboxylic acids is 1. The van der Waals surface area contributed by atoms with Crippen molar-refractivity contribution in [2.24, 2.45) is 0 Å². The highest BCUT2D eigenvalue weighted by Crippen LogP contribution is 2.20. The highest BCUT2D eigenvalue weighted by molar-refractivity contribution is 9.10. The Morgan fingerprint density at radius 2 is 2.15 bits per heavy atom. The lowest BCUT2D eigenvalue weighted by atomic mass is 10.1. The molecule has 0 aliphatic heterocycles. The van der Waals surface area contributed by atoms with E-state index < -0.39 is 0 Å². The van der Waals surface area contributed by atoms with E-state index in [0.717, 1.165) is 16.5 Å². The van der Waals surface area contributed by atoms with Crippen molar-refractivity contribution in [3.05, 3.63) is 33.8 Å². The molecule has 0 unspecified atom stereocenters. The summed E-state index contributed by atoms with van der Waals surface area (Å²) in [4.78, 5) is 11.4. The van der Waals surface area contributed by atoms with Crippen LogP contribution in [0, 0.1) is 0 Å². The number of rotatable bonds is 3. The fourth-order valence-corrected chi connectivity index (χ4v) is 2.03. The van der Waals surface area contributed by atoms with Crippen LogP contribution in [-0.4, -0.2) is 11.1 Å². The highest BCUT2D eigenvalue weighted by atomic mass is 79.9. The van der Waals surface area contributed by atoms with Crippen LogP contribution in [0.4, 0.5) is 0 Å². The first-order valence-electron chi connectivity index (χ1n) is 4.06. The van der Waals surface area contributed by atoms with E-state index in [4.69, 9.17) is 0 Å². The Balaban J connectivity index is 3.05. The topological polar surface area (TPSA) is 17.1 Å². The number of carbonyl (C=O) groups is 1. The molecule has 0 N–H and O–H groups in total. The van der Waals surface area contributed by atoms with Crippen molar-refractivity contribution in [2.75, 3.05) is 5.33 Å². The molecule has 0 aromatic heterocycles. The smallest absolute Gasteiger partial charge is 0.174 e. The van der Waals surface area contributed by atoms with E-state index in [9.17, 15) is 4.79 Å². The predicted octanol–water partition coefficient (Wildman–Crippen LogP) is 3.59. The number of Topliss-reactive ketones (excluding diaryl/α,β-unsaturated/α-hetero) is 1. The third-order valence-corrected chi connectivity index (χ3v) is 3.03. The molecule has 1 aromatic rings. The van der Waals surface area contributed by atoms with Gasteiger partial charge in [-0.25, -0.2) is 0 Å². The molecule has 0 fully saturated rings. The Bertz CT molecular complexity index is 321. The van der Waals surface area contributed by atoms with E-state index in [1.165, 1.54) is 5.56 Å². The van der Waals surface area contributed by atoms with Gasteiger partial charge in [0.25, 0.3) is 0 Å². The lowest BCUT2D eigenvalue weighted by Gasteiger charge is -2.03. The van der Waals surface area contributed by atoms with E-state index in [-0.39, 0.29) is 5.78 Å². The maximum absolute atomic E-state index is 11.4. The van der Waals surface area contributed by atoms with Crippen LogP contribution in [0.5, 0.6) is 0 Å². The van der Waals surface area contributed by atoms with Crippen LogP contribution in [0.1, 0.15) is 22.8 Å². The molecule has 1 rings (SSSR count). The summed E-state index contributed by atoms with van der Waals surface area (Å²) < 4.78 is 0.885. The second kappa shape index (κ2) is 4.91. The van der Waals surface area contributed by atoms with Crippen molar-refractivity contribution in [3.63, 3.8) is 0 Å². The van der Waals surface area contributed by atoms with Crippen molar-refractivity contribution in [1.29, 1.82) is 0 Å². The molecular formula is C10H10Br2O. The van der Waals surface area contributed by atoms with Crippen molar-refractivity contribution in [2.45, 2.75) is 13.3 Å². The number of alkyl halides is 1. The van der Waals surface area contributed by atoms with Gasteiger partial charge in [-0.2, -0.15) is 0 Å². The van der Waals surface area contributed by atoms with Crippen LogP contribution in [0.15, 0.2) is 22.7 Å². The molecule has 13 heavy (non-hydrogen) atoms. The van der Waals surface area contributed by atoms with Crippen LogP contribution in [0.2, 0.25) is 0 Å². The van der Waals surface area contributed by atoms with Gasteiger partial charge in [-0.3, -0.25) is 4.79 Å². The second-order valence-electron chi connectivity index (χ2n) is 2.72. The van der Waals surface area contributed by atoms with Crippen LogP contribution in [-0.2, 0) is 6.42 Å². The van der Waals surface area contributed by atoms with Gasteiger partial charge < -0.3 is 0 Å². The Labute approximate surface area is 94.8 Å². The summed E-state index contributed by atoms with van der Waals surface area (Å²) in [5.41, 5.74) is 1.98. The van der Waals surface area contributed by atoms with Gasteiger partial charge in [0.2, 0.25) is 0 Å². The molecule has 70 valence electrons. The van der Waals surface area contributed by atoms with Gasteiger partial charge in [0.05, 0.1) is 5.33 Å². The van der Waals surface area contributed by atoms with Crippen molar-refractivity contribution in [1.82, 2.24) is 0 Å². The number of halogens is 2. The van der Waals surface area contributed by atoms with Crippen molar-refractivity contribution >= 4 is 37.6 Å². The summed E-state index contributed by atoms with van der Waals surface area (Å²) >= 11 is 6.54. The SMILES string of the molecule is CCc1ccc(C(=O)CBr)c(Br)c1. The Morgan fingerprint density at radius 1 is 1.46 bits per heavy atom. The van der Waals surface area contributed by atoms with Crippen LogP contribution in [0.25, 0.3) is 0 Å². The van der Waals surface area contributed by atoms with Gasteiger partial charge in [0.15, 0.2) is 5.78 Å². The van der Waals surface area contributed by atoms with Crippen molar-refractivity contribution in [3.8, 4) is 0 Å². The zero-order chi connectivity index (χ0) is 9.84. The molecule has 1 aromatic carbocycles. The van der Waals surface area contributed by atoms with E-state index >= 15 is 0 Å². The van der Waals surface area contributed by atoms with Gasteiger partial charge >= 0.3 is 0 Å².